The van der Waals surface area contributed by atoms with Crippen LogP contribution in [0.2, 0.25) is 10.0 Å². The molecule has 0 bridgehead atoms. The highest BCUT2D eigenvalue weighted by atomic mass is 35.5. The molecule has 0 aliphatic heterocycles. The molecule has 0 atom stereocenters. The van der Waals surface area contributed by atoms with Crippen LogP contribution in [0.15, 0.2) is 18.2 Å². The highest BCUT2D eigenvalue weighted by molar-refractivity contribution is 7.18. The number of thiophene rings is 1. The number of carbonyl (C=O) groups is 2. The van der Waals surface area contributed by atoms with E-state index in [4.69, 9.17) is 23.2 Å². The van der Waals surface area contributed by atoms with Crippen molar-refractivity contribution in [1.82, 2.24) is 0 Å². The third-order valence-corrected chi connectivity index (χ3v) is 5.06. The zero-order chi connectivity index (χ0) is 17.1. The van der Waals surface area contributed by atoms with Gasteiger partial charge in [-0.1, -0.05) is 29.3 Å². The first-order valence-electron chi connectivity index (χ1n) is 6.27. The fraction of sp³-hybridized carbons (Fsp3) is 0.133. The van der Waals surface area contributed by atoms with Crippen LogP contribution in [0, 0.1) is 18.3 Å². The number of nitriles is 1. The SMILES string of the molecule is COC(=O)c1sc(NC(=O)c2cccc(Cl)c2Cl)c(C#N)c1C. The van der Waals surface area contributed by atoms with E-state index in [2.05, 4.69) is 10.1 Å². The molecule has 0 saturated heterocycles. The van der Waals surface area contributed by atoms with Crippen molar-refractivity contribution in [2.24, 2.45) is 0 Å². The molecule has 2 rings (SSSR count). The van der Waals surface area contributed by atoms with E-state index in [1.165, 1.54) is 13.2 Å². The molecule has 0 unspecified atom stereocenters. The molecule has 1 aromatic heterocycles. The Hall–Kier alpha value is -2.07. The number of carbonyl (C=O) groups excluding carboxylic acids is 2. The molecular formula is C15H10Cl2N2O3S. The summed E-state index contributed by atoms with van der Waals surface area (Å²) in [5.41, 5.74) is 0.840. The van der Waals surface area contributed by atoms with Crippen LogP contribution in [0.3, 0.4) is 0 Å². The fourth-order valence-electron chi connectivity index (χ4n) is 1.87. The maximum Gasteiger partial charge on any atom is 0.348 e. The van der Waals surface area contributed by atoms with Gasteiger partial charge in [-0.2, -0.15) is 5.26 Å². The summed E-state index contributed by atoms with van der Waals surface area (Å²) in [6, 6.07) is 6.64. The van der Waals surface area contributed by atoms with Gasteiger partial charge in [-0.05, 0) is 24.6 Å². The Morgan fingerprint density at radius 3 is 2.65 bits per heavy atom. The van der Waals surface area contributed by atoms with Crippen molar-refractivity contribution in [3.8, 4) is 6.07 Å². The molecule has 0 aliphatic rings. The lowest BCUT2D eigenvalue weighted by Gasteiger charge is -2.06. The van der Waals surface area contributed by atoms with Crippen molar-refractivity contribution >= 4 is 51.4 Å². The Kier molecular flexibility index (Phi) is 5.26. The zero-order valence-electron chi connectivity index (χ0n) is 12.1. The number of anilines is 1. The summed E-state index contributed by atoms with van der Waals surface area (Å²) in [4.78, 5) is 24.3. The van der Waals surface area contributed by atoms with E-state index in [-0.39, 0.29) is 31.1 Å². The van der Waals surface area contributed by atoms with Crippen molar-refractivity contribution in [3.63, 3.8) is 0 Å². The highest BCUT2D eigenvalue weighted by Crippen LogP contribution is 2.34. The number of halogens is 2. The van der Waals surface area contributed by atoms with Gasteiger partial charge in [0.05, 0.1) is 28.3 Å². The topological polar surface area (TPSA) is 79.2 Å². The fourth-order valence-corrected chi connectivity index (χ4v) is 3.33. The standard InChI is InChI=1S/C15H10Cl2N2O3S/c1-7-9(6-18)14(23-12(7)15(21)22-2)19-13(20)8-4-3-5-10(16)11(8)17/h3-5H,1-2H3,(H,19,20). The van der Waals surface area contributed by atoms with Crippen molar-refractivity contribution in [2.75, 3.05) is 12.4 Å². The van der Waals surface area contributed by atoms with Crippen LogP contribution >= 0.6 is 34.5 Å². The van der Waals surface area contributed by atoms with E-state index < -0.39 is 11.9 Å². The van der Waals surface area contributed by atoms with Gasteiger partial charge in [-0.25, -0.2) is 4.79 Å². The highest BCUT2D eigenvalue weighted by Gasteiger charge is 2.23. The molecule has 0 spiro atoms. The number of hydrogen-bond acceptors (Lipinski definition) is 5. The number of nitrogens with zero attached hydrogens (tertiary/aromatic N) is 1. The molecule has 5 nitrogen and oxygen atoms in total. The van der Waals surface area contributed by atoms with Gasteiger partial charge < -0.3 is 10.1 Å². The van der Waals surface area contributed by atoms with Crippen molar-refractivity contribution in [2.45, 2.75) is 6.92 Å². The minimum Gasteiger partial charge on any atom is -0.465 e. The Morgan fingerprint density at radius 1 is 1.35 bits per heavy atom. The minimum atomic E-state index is -0.565. The number of amides is 1. The molecule has 1 N–H and O–H groups in total. The summed E-state index contributed by atoms with van der Waals surface area (Å²) in [7, 11) is 1.25. The number of esters is 1. The summed E-state index contributed by atoms with van der Waals surface area (Å²) in [5, 5.41) is 12.5. The smallest absolute Gasteiger partial charge is 0.348 e. The van der Waals surface area contributed by atoms with E-state index in [0.717, 1.165) is 11.3 Å². The summed E-state index contributed by atoms with van der Waals surface area (Å²) in [5.74, 6) is -1.09. The lowest BCUT2D eigenvalue weighted by atomic mass is 10.1. The van der Waals surface area contributed by atoms with E-state index in [0.29, 0.717) is 5.56 Å². The molecule has 1 heterocycles. The van der Waals surface area contributed by atoms with E-state index in [1.807, 2.05) is 6.07 Å². The summed E-state index contributed by atoms with van der Waals surface area (Å²) >= 11 is 12.9. The van der Waals surface area contributed by atoms with E-state index in [1.54, 1.807) is 19.1 Å². The normalized spacial score (nSPS) is 10.0. The molecule has 23 heavy (non-hydrogen) atoms. The maximum absolute atomic E-state index is 12.3. The molecule has 0 saturated carbocycles. The third kappa shape index (κ3) is 3.32. The second kappa shape index (κ2) is 7.01. The molecule has 118 valence electrons. The lowest BCUT2D eigenvalue weighted by molar-refractivity contribution is 0.0605. The lowest BCUT2D eigenvalue weighted by Crippen LogP contribution is -2.12. The number of rotatable bonds is 3. The van der Waals surface area contributed by atoms with Gasteiger partial charge in [0.25, 0.3) is 5.91 Å². The second-order valence-electron chi connectivity index (χ2n) is 4.42. The Labute approximate surface area is 146 Å². The van der Waals surface area contributed by atoms with Crippen molar-refractivity contribution in [1.29, 1.82) is 5.26 Å². The first kappa shape index (κ1) is 17.3. The number of benzene rings is 1. The second-order valence-corrected chi connectivity index (χ2v) is 6.22. The Balaban J connectivity index is 2.40. The first-order valence-corrected chi connectivity index (χ1v) is 7.85. The third-order valence-electron chi connectivity index (χ3n) is 3.05. The van der Waals surface area contributed by atoms with Crippen LogP contribution in [0.1, 0.15) is 31.2 Å². The minimum absolute atomic E-state index is 0.117. The van der Waals surface area contributed by atoms with Crippen LogP contribution in [-0.2, 0) is 4.74 Å². The summed E-state index contributed by atoms with van der Waals surface area (Å²) in [6.45, 7) is 1.61. The van der Waals surface area contributed by atoms with Gasteiger partial charge in [0.1, 0.15) is 15.9 Å². The van der Waals surface area contributed by atoms with Gasteiger partial charge in [-0.3, -0.25) is 4.79 Å². The van der Waals surface area contributed by atoms with Gasteiger partial charge in [-0.15, -0.1) is 11.3 Å². The molecule has 0 fully saturated rings. The predicted molar refractivity (Wildman–Crippen MR) is 89.5 cm³/mol. The molecule has 8 heteroatoms. The molecule has 1 amide bonds. The number of hydrogen-bond donors (Lipinski definition) is 1. The van der Waals surface area contributed by atoms with E-state index in [9.17, 15) is 14.9 Å². The van der Waals surface area contributed by atoms with Gasteiger partial charge in [0.2, 0.25) is 0 Å². The first-order chi connectivity index (χ1) is 10.9. The van der Waals surface area contributed by atoms with Crippen LogP contribution in [0.5, 0.6) is 0 Å². The number of methoxy groups -OCH3 is 1. The summed E-state index contributed by atoms with van der Waals surface area (Å²) in [6.07, 6.45) is 0. The van der Waals surface area contributed by atoms with Crippen LogP contribution in [0.4, 0.5) is 5.00 Å². The van der Waals surface area contributed by atoms with Gasteiger partial charge in [0.15, 0.2) is 0 Å². The predicted octanol–water partition coefficient (Wildman–Crippen LogP) is 4.27. The largest absolute Gasteiger partial charge is 0.465 e. The quantitative estimate of drug-likeness (QED) is 0.820. The molecule has 0 radical (unpaired) electrons. The zero-order valence-corrected chi connectivity index (χ0v) is 14.4. The van der Waals surface area contributed by atoms with Crippen molar-refractivity contribution in [3.05, 3.63) is 49.8 Å². The van der Waals surface area contributed by atoms with E-state index >= 15 is 0 Å². The number of nitrogens with one attached hydrogen (secondary N) is 1. The van der Waals surface area contributed by atoms with Crippen LogP contribution in [-0.4, -0.2) is 19.0 Å². The van der Waals surface area contributed by atoms with Gasteiger partial charge in [0, 0.05) is 0 Å². The van der Waals surface area contributed by atoms with Gasteiger partial charge >= 0.3 is 5.97 Å². The molecule has 2 aromatic rings. The Bertz CT molecular complexity index is 840. The van der Waals surface area contributed by atoms with Crippen LogP contribution < -0.4 is 5.32 Å². The Morgan fingerprint density at radius 2 is 2.04 bits per heavy atom. The average Bonchev–Trinajstić information content (AvgIpc) is 2.84. The number of ether oxygens (including phenoxy) is 1. The average molecular weight is 369 g/mol. The molecule has 1 aromatic carbocycles. The molecule has 0 aliphatic carbocycles. The maximum atomic E-state index is 12.3. The molecular weight excluding hydrogens is 359 g/mol. The van der Waals surface area contributed by atoms with Crippen LogP contribution in [0.25, 0.3) is 0 Å². The summed E-state index contributed by atoms with van der Waals surface area (Å²) < 4.78 is 4.67. The van der Waals surface area contributed by atoms with Crippen molar-refractivity contribution < 1.29 is 14.3 Å². The monoisotopic (exact) mass is 368 g/mol.